The third-order valence-corrected chi connectivity index (χ3v) is 3.25. The minimum atomic E-state index is -1.44. The zero-order valence-electron chi connectivity index (χ0n) is 8.25. The molecule has 0 radical (unpaired) electrons. The van der Waals surface area contributed by atoms with Gasteiger partial charge in [0.25, 0.3) is 0 Å². The van der Waals surface area contributed by atoms with E-state index in [4.69, 9.17) is 34.8 Å². The molecule has 1 aliphatic rings. The average Bonchev–Trinajstić information content (AvgIpc) is 2.18. The zero-order chi connectivity index (χ0) is 11.8. The highest BCUT2D eigenvalue weighted by molar-refractivity contribution is 6.34. The van der Waals surface area contributed by atoms with Gasteiger partial charge in [-0.2, -0.15) is 0 Å². The summed E-state index contributed by atoms with van der Waals surface area (Å²) in [6, 6.07) is 7.14. The van der Waals surface area contributed by atoms with E-state index in [1.165, 1.54) is 0 Å². The number of halogens is 3. The fourth-order valence-corrected chi connectivity index (χ4v) is 2.39. The van der Waals surface area contributed by atoms with Crippen LogP contribution in [0.25, 0.3) is 5.57 Å². The lowest BCUT2D eigenvalue weighted by atomic mass is 9.94. The third kappa shape index (κ3) is 2.44. The number of rotatable bonds is 1. The molecule has 1 N–H and O–H groups in total. The number of hydrogen-bond acceptors (Lipinski definition) is 1. The van der Waals surface area contributed by atoms with Crippen molar-refractivity contribution < 1.29 is 5.11 Å². The summed E-state index contributed by atoms with van der Waals surface area (Å²) in [4.78, 5) is 0. The van der Waals surface area contributed by atoms with E-state index in [-0.39, 0.29) is 6.42 Å². The number of alkyl halides is 1. The standard InChI is InChI=1S/C12H9Cl3O/c13-9-3-1-8(2-4-9)11-6-5-10(14)7-12(11,15)16/h1-6,16H,7H2. The van der Waals surface area contributed by atoms with Gasteiger partial charge in [-0.25, -0.2) is 0 Å². The van der Waals surface area contributed by atoms with Gasteiger partial charge in [0, 0.05) is 22.0 Å². The Bertz CT molecular complexity index is 458. The van der Waals surface area contributed by atoms with Gasteiger partial charge in [-0.05, 0) is 23.8 Å². The SMILES string of the molecule is OC1(Cl)CC(Cl)=CC=C1c1ccc(Cl)cc1. The maximum atomic E-state index is 10.1. The monoisotopic (exact) mass is 274 g/mol. The van der Waals surface area contributed by atoms with Crippen LogP contribution in [0.2, 0.25) is 5.02 Å². The lowest BCUT2D eigenvalue weighted by molar-refractivity contribution is 0.190. The Morgan fingerprint density at radius 1 is 1.06 bits per heavy atom. The highest BCUT2D eigenvalue weighted by Gasteiger charge is 2.32. The number of aliphatic hydroxyl groups is 1. The first kappa shape index (κ1) is 12.0. The molecule has 0 heterocycles. The van der Waals surface area contributed by atoms with Crippen LogP contribution >= 0.6 is 34.8 Å². The molecule has 0 amide bonds. The van der Waals surface area contributed by atoms with Gasteiger partial charge in [0.1, 0.15) is 0 Å². The summed E-state index contributed by atoms with van der Waals surface area (Å²) >= 11 is 17.7. The van der Waals surface area contributed by atoms with Crippen LogP contribution in [0, 0.1) is 0 Å². The first-order valence-corrected chi connectivity index (χ1v) is 5.86. The minimum absolute atomic E-state index is 0.213. The fraction of sp³-hybridized carbons (Fsp3) is 0.167. The molecule has 0 aliphatic heterocycles. The van der Waals surface area contributed by atoms with Gasteiger partial charge in [0.15, 0.2) is 5.06 Å². The minimum Gasteiger partial charge on any atom is -0.370 e. The molecule has 0 bridgehead atoms. The largest absolute Gasteiger partial charge is 0.370 e. The molecule has 0 aromatic heterocycles. The van der Waals surface area contributed by atoms with E-state index in [1.54, 1.807) is 24.3 Å². The molecule has 1 unspecified atom stereocenters. The average molecular weight is 276 g/mol. The van der Waals surface area contributed by atoms with Gasteiger partial charge in [-0.3, -0.25) is 0 Å². The number of benzene rings is 1. The fourth-order valence-electron chi connectivity index (χ4n) is 1.63. The number of hydrogen-bond donors (Lipinski definition) is 1. The van der Waals surface area contributed by atoms with Crippen molar-refractivity contribution in [3.8, 4) is 0 Å². The summed E-state index contributed by atoms with van der Waals surface area (Å²) in [5.74, 6) is 0. The van der Waals surface area contributed by atoms with E-state index in [0.29, 0.717) is 15.6 Å². The van der Waals surface area contributed by atoms with Crippen molar-refractivity contribution >= 4 is 40.4 Å². The van der Waals surface area contributed by atoms with Crippen LogP contribution in [0.3, 0.4) is 0 Å². The molecule has 4 heteroatoms. The van der Waals surface area contributed by atoms with Crippen LogP contribution in [0.5, 0.6) is 0 Å². The zero-order valence-corrected chi connectivity index (χ0v) is 10.5. The lowest BCUT2D eigenvalue weighted by Gasteiger charge is -2.26. The van der Waals surface area contributed by atoms with Crippen LogP contribution in [0.4, 0.5) is 0 Å². The van der Waals surface area contributed by atoms with Crippen molar-refractivity contribution in [3.63, 3.8) is 0 Å². The summed E-state index contributed by atoms with van der Waals surface area (Å²) in [5.41, 5.74) is 1.47. The van der Waals surface area contributed by atoms with E-state index < -0.39 is 5.06 Å². The van der Waals surface area contributed by atoms with Gasteiger partial charge < -0.3 is 5.11 Å². The summed E-state index contributed by atoms with van der Waals surface area (Å²) < 4.78 is 0. The molecule has 1 aromatic carbocycles. The Morgan fingerprint density at radius 2 is 1.69 bits per heavy atom. The molecule has 0 spiro atoms. The second-order valence-corrected chi connectivity index (χ2v) is 5.18. The first-order valence-electron chi connectivity index (χ1n) is 4.73. The molecule has 0 saturated carbocycles. The highest BCUT2D eigenvalue weighted by Crippen LogP contribution is 2.40. The van der Waals surface area contributed by atoms with Crippen molar-refractivity contribution in [3.05, 3.63) is 52.0 Å². The van der Waals surface area contributed by atoms with Crippen molar-refractivity contribution in [1.82, 2.24) is 0 Å². The van der Waals surface area contributed by atoms with Crippen LogP contribution < -0.4 is 0 Å². The van der Waals surface area contributed by atoms with E-state index in [2.05, 4.69) is 0 Å². The van der Waals surface area contributed by atoms with Gasteiger partial charge in [0.2, 0.25) is 0 Å². The summed E-state index contributed by atoms with van der Waals surface area (Å²) in [7, 11) is 0. The smallest absolute Gasteiger partial charge is 0.169 e. The molecular formula is C12H9Cl3O. The van der Waals surface area contributed by atoms with Gasteiger partial charge >= 0.3 is 0 Å². The number of allylic oxidation sites excluding steroid dienone is 2. The summed E-state index contributed by atoms with van der Waals surface area (Å²) in [6.45, 7) is 0. The molecule has 16 heavy (non-hydrogen) atoms. The van der Waals surface area contributed by atoms with Crippen molar-refractivity contribution in [2.24, 2.45) is 0 Å². The second kappa shape index (κ2) is 4.42. The van der Waals surface area contributed by atoms with Crippen LogP contribution in [0.15, 0.2) is 41.4 Å². The lowest BCUT2D eigenvalue weighted by Crippen LogP contribution is -2.24. The molecule has 2 rings (SSSR count). The molecule has 1 nitrogen and oxygen atoms in total. The second-order valence-electron chi connectivity index (χ2n) is 3.64. The van der Waals surface area contributed by atoms with Gasteiger partial charge in [-0.1, -0.05) is 53.0 Å². The van der Waals surface area contributed by atoms with Crippen molar-refractivity contribution in [2.45, 2.75) is 11.5 Å². The molecular weight excluding hydrogens is 266 g/mol. The Kier molecular flexibility index (Phi) is 3.32. The maximum absolute atomic E-state index is 10.1. The predicted molar refractivity (Wildman–Crippen MR) is 68.8 cm³/mol. The summed E-state index contributed by atoms with van der Waals surface area (Å²) in [5, 5.41) is 9.80. The Morgan fingerprint density at radius 3 is 2.25 bits per heavy atom. The van der Waals surface area contributed by atoms with E-state index >= 15 is 0 Å². The molecule has 0 fully saturated rings. The highest BCUT2D eigenvalue weighted by atomic mass is 35.5. The van der Waals surface area contributed by atoms with Crippen LogP contribution in [0.1, 0.15) is 12.0 Å². The Labute approximate surface area is 109 Å². The Hall–Kier alpha value is -0.470. The molecule has 84 valence electrons. The van der Waals surface area contributed by atoms with Gasteiger partial charge in [-0.15, -0.1) is 0 Å². The van der Waals surface area contributed by atoms with E-state index in [0.717, 1.165) is 5.56 Å². The van der Waals surface area contributed by atoms with Crippen molar-refractivity contribution in [1.29, 1.82) is 0 Å². The molecule has 1 aromatic rings. The maximum Gasteiger partial charge on any atom is 0.169 e. The topological polar surface area (TPSA) is 20.2 Å². The van der Waals surface area contributed by atoms with E-state index in [1.807, 2.05) is 12.1 Å². The quantitative estimate of drug-likeness (QED) is 0.762. The molecule has 1 aliphatic carbocycles. The summed E-state index contributed by atoms with van der Waals surface area (Å²) in [6.07, 6.45) is 3.68. The third-order valence-electron chi connectivity index (χ3n) is 2.40. The van der Waals surface area contributed by atoms with Crippen LogP contribution in [-0.2, 0) is 0 Å². The predicted octanol–water partition coefficient (Wildman–Crippen LogP) is 4.18. The van der Waals surface area contributed by atoms with Crippen LogP contribution in [-0.4, -0.2) is 10.2 Å². The normalized spacial score (nSPS) is 25.0. The molecule has 1 atom stereocenters. The first-order chi connectivity index (χ1) is 7.49. The molecule has 0 saturated heterocycles. The van der Waals surface area contributed by atoms with E-state index in [9.17, 15) is 5.11 Å². The van der Waals surface area contributed by atoms with Crippen molar-refractivity contribution in [2.75, 3.05) is 0 Å². The Balaban J connectivity index is 2.43. The van der Waals surface area contributed by atoms with Gasteiger partial charge in [0.05, 0.1) is 0 Å².